The molecule has 2 aromatic rings. The van der Waals surface area contributed by atoms with Crippen LogP contribution in [0, 0.1) is 0 Å². The number of amides is 1. The summed E-state index contributed by atoms with van der Waals surface area (Å²) in [6.07, 6.45) is -3.06. The number of carbonyl (C=O) groups excluding carboxylic acids is 1. The second kappa shape index (κ2) is 7.49. The molecule has 0 atom stereocenters. The Morgan fingerprint density at radius 3 is 2.54 bits per heavy atom. The number of hydrogen-bond acceptors (Lipinski definition) is 4. The average Bonchev–Trinajstić information content (AvgIpc) is 2.54. The minimum atomic E-state index is -4.44. The molecule has 0 heterocycles. The lowest BCUT2D eigenvalue weighted by molar-refractivity contribution is -0.137. The van der Waals surface area contributed by atoms with Gasteiger partial charge in [0.05, 0.1) is 18.3 Å². The molecule has 0 saturated heterocycles. The molecule has 0 radical (unpaired) electrons. The van der Waals surface area contributed by atoms with Crippen LogP contribution in [0.15, 0.2) is 53.6 Å². The molecule has 0 aliphatic carbocycles. The maximum atomic E-state index is 12.6. The zero-order valence-corrected chi connectivity index (χ0v) is 12.3. The van der Waals surface area contributed by atoms with Gasteiger partial charge in [0.15, 0.2) is 0 Å². The fourth-order valence-electron chi connectivity index (χ4n) is 1.77. The fourth-order valence-corrected chi connectivity index (χ4v) is 1.77. The third-order valence-corrected chi connectivity index (χ3v) is 2.94. The van der Waals surface area contributed by atoms with Crippen molar-refractivity contribution in [1.29, 1.82) is 0 Å². The second-order valence-electron chi connectivity index (χ2n) is 4.82. The molecule has 0 aliphatic heterocycles. The highest BCUT2D eigenvalue weighted by molar-refractivity contribution is 5.84. The molecule has 0 aliphatic rings. The van der Waals surface area contributed by atoms with Gasteiger partial charge in [-0.05, 0) is 48.0 Å². The molecule has 126 valence electrons. The third-order valence-electron chi connectivity index (χ3n) is 2.94. The zero-order chi connectivity index (χ0) is 17.6. The van der Waals surface area contributed by atoms with Gasteiger partial charge in [0.2, 0.25) is 0 Å². The first-order chi connectivity index (χ1) is 11.3. The van der Waals surface area contributed by atoms with Crippen LogP contribution in [-0.2, 0) is 11.0 Å². The van der Waals surface area contributed by atoms with E-state index in [4.69, 9.17) is 5.11 Å². The Morgan fingerprint density at radius 2 is 1.88 bits per heavy atom. The highest BCUT2D eigenvalue weighted by atomic mass is 19.4. The molecule has 0 unspecified atom stereocenters. The number of phenolic OH excluding ortho intramolecular Hbond substituents is 1. The smallest absolute Gasteiger partial charge is 0.416 e. The van der Waals surface area contributed by atoms with E-state index in [9.17, 15) is 18.0 Å². The average molecular weight is 337 g/mol. The first kappa shape index (κ1) is 17.3. The number of phenols is 1. The molecule has 8 heteroatoms. The van der Waals surface area contributed by atoms with Gasteiger partial charge >= 0.3 is 6.18 Å². The van der Waals surface area contributed by atoms with Gasteiger partial charge in [-0.15, -0.1) is 0 Å². The number of halogens is 3. The lowest BCUT2D eigenvalue weighted by Gasteiger charge is -2.10. The molecular formula is C16H14F3N3O2. The monoisotopic (exact) mass is 337 g/mol. The molecule has 0 fully saturated rings. The minimum Gasteiger partial charge on any atom is -0.508 e. The maximum absolute atomic E-state index is 12.6. The van der Waals surface area contributed by atoms with Crippen molar-refractivity contribution in [2.45, 2.75) is 6.18 Å². The van der Waals surface area contributed by atoms with Crippen molar-refractivity contribution in [2.75, 3.05) is 11.9 Å². The van der Waals surface area contributed by atoms with E-state index < -0.39 is 17.6 Å². The number of hydrazone groups is 1. The van der Waals surface area contributed by atoms with Crippen LogP contribution in [-0.4, -0.2) is 23.8 Å². The van der Waals surface area contributed by atoms with E-state index in [1.54, 1.807) is 12.1 Å². The van der Waals surface area contributed by atoms with Gasteiger partial charge in [-0.3, -0.25) is 4.79 Å². The number of nitrogens with zero attached hydrogens (tertiary/aromatic N) is 1. The zero-order valence-electron chi connectivity index (χ0n) is 12.3. The predicted octanol–water partition coefficient (Wildman–Crippen LogP) is 2.97. The van der Waals surface area contributed by atoms with E-state index in [-0.39, 0.29) is 18.0 Å². The molecule has 0 saturated carbocycles. The fraction of sp³-hybridized carbons (Fsp3) is 0.125. The normalized spacial score (nSPS) is 11.5. The van der Waals surface area contributed by atoms with Crippen LogP contribution in [0.5, 0.6) is 5.75 Å². The van der Waals surface area contributed by atoms with Crippen molar-refractivity contribution in [3.63, 3.8) is 0 Å². The number of rotatable bonds is 5. The number of nitrogens with one attached hydrogen (secondary N) is 2. The summed E-state index contributed by atoms with van der Waals surface area (Å²) in [5.74, 6) is -0.399. The van der Waals surface area contributed by atoms with E-state index in [2.05, 4.69) is 15.8 Å². The van der Waals surface area contributed by atoms with Gasteiger partial charge in [-0.25, -0.2) is 5.43 Å². The number of aromatic hydroxyl groups is 1. The van der Waals surface area contributed by atoms with Crippen LogP contribution >= 0.6 is 0 Å². The molecule has 2 aromatic carbocycles. The predicted molar refractivity (Wildman–Crippen MR) is 83.8 cm³/mol. The van der Waals surface area contributed by atoms with Crippen molar-refractivity contribution in [2.24, 2.45) is 5.10 Å². The number of benzene rings is 2. The standard InChI is InChI=1S/C16H14F3N3O2/c17-16(18,19)12-2-1-3-13(8-12)20-10-15(24)22-21-9-11-4-6-14(23)7-5-11/h1-9,20,23H,10H2,(H,22,24)/b21-9+. The van der Waals surface area contributed by atoms with Crippen molar-refractivity contribution in [3.05, 3.63) is 59.7 Å². The van der Waals surface area contributed by atoms with E-state index in [0.717, 1.165) is 12.1 Å². The molecule has 3 N–H and O–H groups in total. The second-order valence-corrected chi connectivity index (χ2v) is 4.82. The Labute approximate surface area is 135 Å². The van der Waals surface area contributed by atoms with Crippen molar-refractivity contribution in [1.82, 2.24) is 5.43 Å². The van der Waals surface area contributed by atoms with Crippen LogP contribution in [0.2, 0.25) is 0 Å². The van der Waals surface area contributed by atoms with E-state index in [1.165, 1.54) is 30.5 Å². The van der Waals surface area contributed by atoms with E-state index in [0.29, 0.717) is 5.56 Å². The summed E-state index contributed by atoms with van der Waals surface area (Å²) in [6.45, 7) is -0.228. The summed E-state index contributed by atoms with van der Waals surface area (Å²) in [6, 6.07) is 10.7. The third kappa shape index (κ3) is 5.31. The SMILES string of the molecule is O=C(CNc1cccc(C(F)(F)F)c1)N/N=C/c1ccc(O)cc1. The maximum Gasteiger partial charge on any atom is 0.416 e. The first-order valence-corrected chi connectivity index (χ1v) is 6.86. The summed E-state index contributed by atoms with van der Waals surface area (Å²) < 4.78 is 37.7. The number of hydrogen-bond donors (Lipinski definition) is 3. The molecule has 0 bridgehead atoms. The number of carbonyl (C=O) groups is 1. The molecule has 1 amide bonds. The topological polar surface area (TPSA) is 73.7 Å². The number of anilines is 1. The largest absolute Gasteiger partial charge is 0.508 e. The minimum absolute atomic E-state index is 0.112. The van der Waals surface area contributed by atoms with Crippen LogP contribution < -0.4 is 10.7 Å². The summed E-state index contributed by atoms with van der Waals surface area (Å²) in [5, 5.41) is 15.4. The molecule has 2 rings (SSSR count). The van der Waals surface area contributed by atoms with Crippen LogP contribution in [0.1, 0.15) is 11.1 Å². The summed E-state index contributed by atoms with van der Waals surface area (Å²) in [4.78, 5) is 11.6. The molecule has 5 nitrogen and oxygen atoms in total. The van der Waals surface area contributed by atoms with E-state index >= 15 is 0 Å². The van der Waals surface area contributed by atoms with Gasteiger partial charge < -0.3 is 10.4 Å². The molecule has 0 aromatic heterocycles. The van der Waals surface area contributed by atoms with Crippen LogP contribution in [0.3, 0.4) is 0 Å². The number of alkyl halides is 3. The Balaban J connectivity index is 1.84. The summed E-state index contributed by atoms with van der Waals surface area (Å²) in [5.41, 5.74) is 2.30. The Kier molecular flexibility index (Phi) is 5.41. The van der Waals surface area contributed by atoms with Gasteiger partial charge in [-0.1, -0.05) is 6.07 Å². The van der Waals surface area contributed by atoms with Crippen molar-refractivity contribution >= 4 is 17.8 Å². The van der Waals surface area contributed by atoms with Crippen molar-refractivity contribution in [3.8, 4) is 5.75 Å². The summed E-state index contributed by atoms with van der Waals surface area (Å²) in [7, 11) is 0. The molecule has 0 spiro atoms. The Hall–Kier alpha value is -3.03. The summed E-state index contributed by atoms with van der Waals surface area (Å²) >= 11 is 0. The highest BCUT2D eigenvalue weighted by Gasteiger charge is 2.30. The lowest BCUT2D eigenvalue weighted by atomic mass is 10.2. The van der Waals surface area contributed by atoms with Crippen LogP contribution in [0.25, 0.3) is 0 Å². The van der Waals surface area contributed by atoms with Gasteiger partial charge in [-0.2, -0.15) is 18.3 Å². The Bertz CT molecular complexity index is 728. The van der Waals surface area contributed by atoms with Crippen molar-refractivity contribution < 1.29 is 23.1 Å². The van der Waals surface area contributed by atoms with Crippen LogP contribution in [0.4, 0.5) is 18.9 Å². The van der Waals surface area contributed by atoms with Gasteiger partial charge in [0.1, 0.15) is 5.75 Å². The molecular weight excluding hydrogens is 323 g/mol. The lowest BCUT2D eigenvalue weighted by Crippen LogP contribution is -2.26. The van der Waals surface area contributed by atoms with E-state index in [1.807, 2.05) is 0 Å². The Morgan fingerprint density at radius 1 is 1.17 bits per heavy atom. The molecule has 24 heavy (non-hydrogen) atoms. The van der Waals surface area contributed by atoms with Gasteiger partial charge in [0.25, 0.3) is 5.91 Å². The highest BCUT2D eigenvalue weighted by Crippen LogP contribution is 2.30. The first-order valence-electron chi connectivity index (χ1n) is 6.86. The quantitative estimate of drug-likeness (QED) is 0.580. The van der Waals surface area contributed by atoms with Gasteiger partial charge in [0, 0.05) is 5.69 Å².